The summed E-state index contributed by atoms with van der Waals surface area (Å²) in [6, 6.07) is 11.7. The molecule has 4 rings (SSSR count). The number of carbonyl (C=O) groups excluding carboxylic acids is 2. The molecule has 9 nitrogen and oxygen atoms in total. The summed E-state index contributed by atoms with van der Waals surface area (Å²) in [6.07, 6.45) is 1.99. The van der Waals surface area contributed by atoms with E-state index >= 15 is 0 Å². The molecule has 3 aromatic heterocycles. The van der Waals surface area contributed by atoms with Crippen LogP contribution in [0.5, 0.6) is 11.6 Å². The van der Waals surface area contributed by atoms with Gasteiger partial charge in [-0.1, -0.05) is 11.2 Å². The van der Waals surface area contributed by atoms with Gasteiger partial charge < -0.3 is 20.3 Å². The first-order valence-corrected chi connectivity index (χ1v) is 10.2. The molecule has 0 fully saturated rings. The van der Waals surface area contributed by atoms with Crippen LogP contribution in [0.3, 0.4) is 0 Å². The van der Waals surface area contributed by atoms with Gasteiger partial charge in [0.25, 0.3) is 0 Å². The molecular formula is C21H17N5O4S. The number of hydrogen-bond donors (Lipinski definition) is 2. The zero-order valence-corrected chi connectivity index (χ0v) is 17.0. The van der Waals surface area contributed by atoms with Crippen molar-refractivity contribution in [2.75, 3.05) is 5.32 Å². The number of rotatable bonds is 8. The Morgan fingerprint density at radius 3 is 2.84 bits per heavy atom. The maximum Gasteiger partial charge on any atom is 0.248 e. The first-order valence-electron chi connectivity index (χ1n) is 9.25. The van der Waals surface area contributed by atoms with Gasteiger partial charge in [0.15, 0.2) is 0 Å². The lowest BCUT2D eigenvalue weighted by Crippen LogP contribution is -2.12. The number of nitrogens with two attached hydrogens (primary N) is 1. The second-order valence-electron chi connectivity index (χ2n) is 6.45. The number of aromatic nitrogens is 3. The molecule has 0 spiro atoms. The number of anilines is 1. The molecule has 31 heavy (non-hydrogen) atoms. The molecule has 0 unspecified atom stereocenters. The van der Waals surface area contributed by atoms with Gasteiger partial charge >= 0.3 is 0 Å². The van der Waals surface area contributed by atoms with E-state index in [1.165, 1.54) is 12.3 Å². The SMILES string of the molecule is NC(=O)c1cccc(Oc2ccc(NC(=O)CCc3nc(-c4ccsc4)no3)cn2)c1. The van der Waals surface area contributed by atoms with Gasteiger partial charge in [-0.25, -0.2) is 4.98 Å². The predicted octanol–water partition coefficient (Wildman–Crippen LogP) is 3.66. The van der Waals surface area contributed by atoms with E-state index in [4.69, 9.17) is 15.0 Å². The van der Waals surface area contributed by atoms with Crippen molar-refractivity contribution in [1.82, 2.24) is 15.1 Å². The highest BCUT2D eigenvalue weighted by Crippen LogP contribution is 2.22. The van der Waals surface area contributed by atoms with Crippen molar-refractivity contribution in [1.29, 1.82) is 0 Å². The number of primary amides is 1. The molecule has 0 atom stereocenters. The molecular weight excluding hydrogens is 418 g/mol. The van der Waals surface area contributed by atoms with E-state index in [0.29, 0.717) is 41.0 Å². The van der Waals surface area contributed by atoms with Crippen molar-refractivity contribution < 1.29 is 18.8 Å². The summed E-state index contributed by atoms with van der Waals surface area (Å²) in [5.41, 5.74) is 7.01. The summed E-state index contributed by atoms with van der Waals surface area (Å²) in [5.74, 6) is 0.905. The van der Waals surface area contributed by atoms with Gasteiger partial charge in [-0.05, 0) is 35.7 Å². The van der Waals surface area contributed by atoms with E-state index in [2.05, 4.69) is 20.4 Å². The number of ether oxygens (including phenoxy) is 1. The van der Waals surface area contributed by atoms with Crippen molar-refractivity contribution in [2.24, 2.45) is 5.73 Å². The largest absolute Gasteiger partial charge is 0.439 e. The maximum atomic E-state index is 12.2. The Labute approximate surface area is 180 Å². The second-order valence-corrected chi connectivity index (χ2v) is 7.23. The summed E-state index contributed by atoms with van der Waals surface area (Å²) in [5, 5.41) is 10.5. The number of benzene rings is 1. The first-order chi connectivity index (χ1) is 15.1. The average Bonchev–Trinajstić information content (AvgIpc) is 3.46. The van der Waals surface area contributed by atoms with Crippen molar-refractivity contribution in [3.8, 4) is 23.0 Å². The first kappa shape index (κ1) is 20.2. The molecule has 0 aliphatic heterocycles. The average molecular weight is 435 g/mol. The van der Waals surface area contributed by atoms with Crippen molar-refractivity contribution >= 4 is 28.8 Å². The Morgan fingerprint density at radius 2 is 2.10 bits per heavy atom. The minimum absolute atomic E-state index is 0.184. The van der Waals surface area contributed by atoms with Crippen LogP contribution in [0, 0.1) is 0 Å². The van der Waals surface area contributed by atoms with Crippen LogP contribution in [-0.2, 0) is 11.2 Å². The van der Waals surface area contributed by atoms with E-state index < -0.39 is 5.91 Å². The highest BCUT2D eigenvalue weighted by Gasteiger charge is 2.11. The summed E-state index contributed by atoms with van der Waals surface area (Å²) in [7, 11) is 0. The van der Waals surface area contributed by atoms with Crippen molar-refractivity contribution in [2.45, 2.75) is 12.8 Å². The molecule has 156 valence electrons. The fourth-order valence-electron chi connectivity index (χ4n) is 2.66. The van der Waals surface area contributed by atoms with Gasteiger partial charge in [0, 0.05) is 35.4 Å². The zero-order valence-electron chi connectivity index (χ0n) is 16.1. The number of thiophene rings is 1. The third kappa shape index (κ3) is 5.31. The lowest BCUT2D eigenvalue weighted by atomic mass is 10.2. The smallest absolute Gasteiger partial charge is 0.248 e. The van der Waals surface area contributed by atoms with Crippen LogP contribution >= 0.6 is 11.3 Å². The lowest BCUT2D eigenvalue weighted by Gasteiger charge is -2.07. The molecule has 3 heterocycles. The van der Waals surface area contributed by atoms with Gasteiger partial charge in [0.05, 0.1) is 11.9 Å². The Bertz CT molecular complexity index is 1190. The molecule has 0 aliphatic rings. The number of amides is 2. The molecule has 10 heteroatoms. The van der Waals surface area contributed by atoms with Crippen LogP contribution in [0.25, 0.3) is 11.4 Å². The Hall–Kier alpha value is -4.05. The van der Waals surface area contributed by atoms with Crippen LogP contribution in [0.15, 0.2) is 63.9 Å². The Morgan fingerprint density at radius 1 is 1.19 bits per heavy atom. The lowest BCUT2D eigenvalue weighted by molar-refractivity contribution is -0.116. The minimum atomic E-state index is -0.542. The topological polar surface area (TPSA) is 133 Å². The highest BCUT2D eigenvalue weighted by molar-refractivity contribution is 7.08. The van der Waals surface area contributed by atoms with Gasteiger partial charge in [0.1, 0.15) is 5.75 Å². The van der Waals surface area contributed by atoms with E-state index in [-0.39, 0.29) is 12.3 Å². The minimum Gasteiger partial charge on any atom is -0.439 e. The normalized spacial score (nSPS) is 10.6. The van der Waals surface area contributed by atoms with E-state index in [9.17, 15) is 9.59 Å². The number of hydrogen-bond acceptors (Lipinski definition) is 8. The van der Waals surface area contributed by atoms with Crippen LogP contribution in [0.2, 0.25) is 0 Å². The Balaban J connectivity index is 1.29. The quantitative estimate of drug-likeness (QED) is 0.431. The number of aryl methyl sites for hydroxylation is 1. The van der Waals surface area contributed by atoms with Gasteiger partial charge in [-0.2, -0.15) is 16.3 Å². The molecule has 0 aliphatic carbocycles. The molecule has 0 bridgehead atoms. The number of pyridine rings is 1. The molecule has 4 aromatic rings. The highest BCUT2D eigenvalue weighted by atomic mass is 32.1. The molecule has 0 saturated heterocycles. The van der Waals surface area contributed by atoms with Crippen LogP contribution in [0.4, 0.5) is 5.69 Å². The van der Waals surface area contributed by atoms with E-state index in [1.54, 1.807) is 41.7 Å². The molecule has 0 radical (unpaired) electrons. The molecule has 2 amide bonds. The van der Waals surface area contributed by atoms with Crippen LogP contribution in [0.1, 0.15) is 22.7 Å². The summed E-state index contributed by atoms with van der Waals surface area (Å²) in [6.45, 7) is 0. The molecule has 3 N–H and O–H groups in total. The Kier molecular flexibility index (Phi) is 5.99. The van der Waals surface area contributed by atoms with E-state index in [1.807, 2.05) is 16.8 Å². The zero-order chi connectivity index (χ0) is 21.6. The standard InChI is InChI=1S/C21H17N5O4S/c22-20(28)13-2-1-3-16(10-13)29-18-6-4-15(11-23-18)24-17(27)5-7-19-25-21(26-30-19)14-8-9-31-12-14/h1-4,6,8-12H,5,7H2,(H2,22,28)(H,24,27). The third-order valence-corrected chi connectivity index (χ3v) is 4.86. The number of nitrogens with one attached hydrogen (secondary N) is 1. The van der Waals surface area contributed by atoms with E-state index in [0.717, 1.165) is 5.56 Å². The number of carbonyl (C=O) groups is 2. The predicted molar refractivity (Wildman–Crippen MR) is 114 cm³/mol. The number of nitrogens with zero attached hydrogens (tertiary/aromatic N) is 3. The molecule has 1 aromatic carbocycles. The maximum absolute atomic E-state index is 12.2. The van der Waals surface area contributed by atoms with Crippen LogP contribution in [-0.4, -0.2) is 26.9 Å². The summed E-state index contributed by atoms with van der Waals surface area (Å²) >= 11 is 1.55. The van der Waals surface area contributed by atoms with Crippen molar-refractivity contribution in [3.05, 3.63) is 70.9 Å². The van der Waals surface area contributed by atoms with Gasteiger partial charge in [-0.15, -0.1) is 0 Å². The van der Waals surface area contributed by atoms with Crippen LogP contribution < -0.4 is 15.8 Å². The van der Waals surface area contributed by atoms with Crippen molar-refractivity contribution in [3.63, 3.8) is 0 Å². The summed E-state index contributed by atoms with van der Waals surface area (Å²) in [4.78, 5) is 31.9. The fourth-order valence-corrected chi connectivity index (χ4v) is 3.29. The fraction of sp³-hybridized carbons (Fsp3) is 0.0952. The molecule has 0 saturated carbocycles. The van der Waals surface area contributed by atoms with Gasteiger partial charge in [0.2, 0.25) is 29.4 Å². The van der Waals surface area contributed by atoms with Gasteiger partial charge in [-0.3, -0.25) is 9.59 Å². The third-order valence-electron chi connectivity index (χ3n) is 4.17. The second kappa shape index (κ2) is 9.18. The summed E-state index contributed by atoms with van der Waals surface area (Å²) < 4.78 is 10.8. The monoisotopic (exact) mass is 435 g/mol.